The van der Waals surface area contributed by atoms with E-state index in [0.29, 0.717) is 48.3 Å². The van der Waals surface area contributed by atoms with Crippen molar-refractivity contribution in [3.63, 3.8) is 0 Å². The van der Waals surface area contributed by atoms with E-state index >= 15 is 8.78 Å². The third kappa shape index (κ3) is 8.56. The predicted molar refractivity (Wildman–Crippen MR) is 226 cm³/mol. The van der Waals surface area contributed by atoms with Crippen molar-refractivity contribution in [2.24, 2.45) is 0 Å². The number of aromatic nitrogens is 3. The van der Waals surface area contributed by atoms with Crippen LogP contribution in [0.3, 0.4) is 0 Å². The molecular formula is C45H62F3N5O4Si. The largest absolute Gasteiger partial charge is 0.543 e. The Morgan fingerprint density at radius 1 is 1.00 bits per heavy atom. The molecule has 0 aliphatic carbocycles. The van der Waals surface area contributed by atoms with Crippen molar-refractivity contribution in [1.29, 1.82) is 0 Å². The van der Waals surface area contributed by atoms with Crippen molar-refractivity contribution in [2.45, 2.75) is 140 Å². The second kappa shape index (κ2) is 18.0. The quantitative estimate of drug-likeness (QED) is 0.0845. The smallest absolute Gasteiger partial charge is 0.320 e. The molecule has 3 saturated heterocycles. The highest BCUT2D eigenvalue weighted by Gasteiger charge is 2.50. The molecule has 0 amide bonds. The van der Waals surface area contributed by atoms with Crippen LogP contribution in [0.1, 0.15) is 105 Å². The number of fused-ring (bicyclic) bond motifs is 3. The Labute approximate surface area is 342 Å². The number of alkyl halides is 1. The molecule has 0 spiro atoms. The number of unbranched alkanes of at least 4 members (excludes halogenated alkanes) is 2. The van der Waals surface area contributed by atoms with E-state index in [0.717, 1.165) is 63.5 Å². The van der Waals surface area contributed by atoms with Gasteiger partial charge in [0.25, 0.3) is 8.32 Å². The Morgan fingerprint density at radius 2 is 1.79 bits per heavy atom. The van der Waals surface area contributed by atoms with Gasteiger partial charge in [0, 0.05) is 37.9 Å². The molecule has 13 heteroatoms. The summed E-state index contributed by atoms with van der Waals surface area (Å²) >= 11 is 0. The fourth-order valence-corrected chi connectivity index (χ4v) is 15.7. The first-order valence-electron chi connectivity index (χ1n) is 21.7. The third-order valence-electron chi connectivity index (χ3n) is 13.2. The predicted octanol–water partition coefficient (Wildman–Crippen LogP) is 10.2. The van der Waals surface area contributed by atoms with Gasteiger partial charge in [0.2, 0.25) is 5.88 Å². The monoisotopic (exact) mass is 821 g/mol. The van der Waals surface area contributed by atoms with Gasteiger partial charge in [-0.05, 0) is 116 Å². The van der Waals surface area contributed by atoms with Gasteiger partial charge >= 0.3 is 6.01 Å². The van der Waals surface area contributed by atoms with E-state index in [1.807, 2.05) is 12.1 Å². The highest BCUT2D eigenvalue weighted by Crippen LogP contribution is 2.46. The van der Waals surface area contributed by atoms with Crippen molar-refractivity contribution in [3.8, 4) is 28.9 Å². The molecule has 5 heterocycles. The average molecular weight is 822 g/mol. The Kier molecular flexibility index (Phi) is 13.2. The number of nitrogens with one attached hydrogen (secondary N) is 1. The number of pyridine rings is 1. The summed E-state index contributed by atoms with van der Waals surface area (Å²) in [7, 11) is -2.46. The van der Waals surface area contributed by atoms with E-state index < -0.39 is 31.7 Å². The lowest BCUT2D eigenvalue weighted by molar-refractivity contribution is 0.0483. The first-order valence-corrected chi connectivity index (χ1v) is 23.8. The van der Waals surface area contributed by atoms with Crippen molar-refractivity contribution >= 4 is 30.0 Å². The van der Waals surface area contributed by atoms with Crippen LogP contribution in [0.4, 0.5) is 13.2 Å². The van der Waals surface area contributed by atoms with E-state index in [1.54, 1.807) is 6.07 Å². The average Bonchev–Trinajstić information content (AvgIpc) is 3.57. The standard InChI is InChI=1S/C45H62F3N5O4Si/c1-28(2)58(29(3)4,30(5)6)57-34-21-31-15-16-38(47)35(14-8-7-11-20-55-33-13-9-10-18-49-24-33)39(31)36(22-34)41-40(48)42-37(25-50-41)43(54)52-44(51-42)56-27-45-17-12-19-53(45)26-32(46)23-45/h15-16,21-22,25,28-30,32-33,49H,7-14,17-20,23-24,26-27H2,1-6H3,(H,51,52,54)/t32-,33?,45+/m1/s1. The summed E-state index contributed by atoms with van der Waals surface area (Å²) in [6, 6.07) is 6.80. The van der Waals surface area contributed by atoms with E-state index in [9.17, 15) is 9.50 Å². The van der Waals surface area contributed by atoms with Gasteiger partial charge in [0.15, 0.2) is 5.82 Å². The zero-order valence-corrected chi connectivity index (χ0v) is 36.2. The lowest BCUT2D eigenvalue weighted by atomic mass is 9.93. The zero-order chi connectivity index (χ0) is 41.2. The number of aromatic hydroxyl groups is 1. The van der Waals surface area contributed by atoms with Gasteiger partial charge in [-0.3, -0.25) is 9.88 Å². The number of rotatable bonds is 16. The number of benzene rings is 2. The number of nitrogens with zero attached hydrogens (tertiary/aromatic N) is 4. The molecule has 2 aromatic carbocycles. The fourth-order valence-electron chi connectivity index (χ4n) is 10.4. The van der Waals surface area contributed by atoms with Gasteiger partial charge in [0.1, 0.15) is 35.6 Å². The van der Waals surface area contributed by atoms with Gasteiger partial charge < -0.3 is 24.3 Å². The molecule has 0 bridgehead atoms. The first kappa shape index (κ1) is 42.6. The minimum Gasteiger partial charge on any atom is -0.543 e. The normalized spacial score (nSPS) is 21.8. The lowest BCUT2D eigenvalue weighted by Crippen LogP contribution is -2.50. The number of halogens is 3. The second-order valence-electron chi connectivity index (χ2n) is 17.9. The molecule has 3 aliphatic heterocycles. The van der Waals surface area contributed by atoms with Crippen LogP contribution in [0, 0.1) is 11.6 Å². The topological polar surface area (TPSA) is 102 Å². The van der Waals surface area contributed by atoms with E-state index in [4.69, 9.17) is 13.9 Å². The molecule has 2 aromatic heterocycles. The zero-order valence-electron chi connectivity index (χ0n) is 35.2. The Bertz CT molecular complexity index is 2040. The van der Waals surface area contributed by atoms with Crippen LogP contribution < -0.4 is 14.5 Å². The maximum Gasteiger partial charge on any atom is 0.320 e. The molecule has 2 N–H and O–H groups in total. The maximum absolute atomic E-state index is 17.2. The Morgan fingerprint density at radius 3 is 2.57 bits per heavy atom. The van der Waals surface area contributed by atoms with E-state index in [2.05, 4.69) is 66.7 Å². The second-order valence-corrected chi connectivity index (χ2v) is 23.3. The van der Waals surface area contributed by atoms with Crippen LogP contribution in [-0.2, 0) is 11.2 Å². The van der Waals surface area contributed by atoms with E-state index in [-0.39, 0.29) is 57.8 Å². The molecule has 3 fully saturated rings. The first-order chi connectivity index (χ1) is 27.8. The van der Waals surface area contributed by atoms with Crippen molar-refractivity contribution in [1.82, 2.24) is 25.2 Å². The van der Waals surface area contributed by atoms with Gasteiger partial charge in [0.05, 0.1) is 17.0 Å². The highest BCUT2D eigenvalue weighted by molar-refractivity contribution is 6.78. The Hall–Kier alpha value is -3.52. The summed E-state index contributed by atoms with van der Waals surface area (Å²) in [6.45, 7) is 17.1. The molecular weight excluding hydrogens is 760 g/mol. The minimum atomic E-state index is -2.46. The summed E-state index contributed by atoms with van der Waals surface area (Å²) in [5.74, 6) is -1.03. The molecule has 0 radical (unpaired) electrons. The fraction of sp³-hybridized carbons (Fsp3) is 0.622. The summed E-state index contributed by atoms with van der Waals surface area (Å²) in [5, 5.41) is 15.8. The van der Waals surface area contributed by atoms with Gasteiger partial charge in [-0.1, -0.05) is 54.0 Å². The molecule has 1 unspecified atom stereocenters. The summed E-state index contributed by atoms with van der Waals surface area (Å²) < 4.78 is 67.1. The molecule has 58 heavy (non-hydrogen) atoms. The lowest BCUT2D eigenvalue weighted by Gasteiger charge is -2.42. The molecule has 3 atom stereocenters. The highest BCUT2D eigenvalue weighted by atomic mass is 28.4. The van der Waals surface area contributed by atoms with Crippen molar-refractivity contribution in [3.05, 3.63) is 47.7 Å². The number of hydrogen-bond donors (Lipinski definition) is 2. The number of aryl methyl sites for hydroxylation is 1. The van der Waals surface area contributed by atoms with Gasteiger partial charge in [-0.25, -0.2) is 13.2 Å². The molecule has 4 aromatic rings. The molecule has 9 nitrogen and oxygen atoms in total. The molecule has 7 rings (SSSR count). The molecule has 316 valence electrons. The van der Waals surface area contributed by atoms with Crippen LogP contribution >= 0.6 is 0 Å². The van der Waals surface area contributed by atoms with Crippen LogP contribution in [0.2, 0.25) is 16.6 Å². The van der Waals surface area contributed by atoms with Crippen LogP contribution in [-0.4, -0.2) is 90.5 Å². The van der Waals surface area contributed by atoms with E-state index in [1.165, 1.54) is 25.1 Å². The van der Waals surface area contributed by atoms with Gasteiger partial charge in [-0.15, -0.1) is 0 Å². The maximum atomic E-state index is 17.2. The minimum absolute atomic E-state index is 0.0229. The summed E-state index contributed by atoms with van der Waals surface area (Å²) in [4.78, 5) is 15.3. The van der Waals surface area contributed by atoms with Crippen molar-refractivity contribution < 1.29 is 32.2 Å². The SMILES string of the molecule is CC(C)[Si](Oc1cc(-c2ncc3c(O)nc(OC[C@@]45CCCN4C[C@H](F)C5)nc3c2F)c2c(CCCCCOC3CCCCNC3)c(F)ccc2c1)(C(C)C)C(C)C. The molecule has 3 aliphatic rings. The summed E-state index contributed by atoms with van der Waals surface area (Å²) in [5.41, 5.74) is 1.05. The van der Waals surface area contributed by atoms with Crippen molar-refractivity contribution in [2.75, 3.05) is 39.4 Å². The molecule has 0 saturated carbocycles. The summed E-state index contributed by atoms with van der Waals surface area (Å²) in [6.07, 6.45) is 8.99. The van der Waals surface area contributed by atoms with Crippen LogP contribution in [0.25, 0.3) is 32.9 Å². The van der Waals surface area contributed by atoms with Crippen LogP contribution in [0.5, 0.6) is 17.6 Å². The Balaban J connectivity index is 1.25. The van der Waals surface area contributed by atoms with Gasteiger partial charge in [-0.2, -0.15) is 9.97 Å². The van der Waals surface area contributed by atoms with Crippen LogP contribution in [0.15, 0.2) is 30.5 Å². The number of hydrogen-bond acceptors (Lipinski definition) is 9. The number of ether oxygens (including phenoxy) is 2. The third-order valence-corrected chi connectivity index (χ3v) is 19.2.